The molecular weight excluding hydrogens is 328 g/mol. The second kappa shape index (κ2) is 7.60. The van der Waals surface area contributed by atoms with Crippen LogP contribution in [-0.4, -0.2) is 53.6 Å². The molecular formula is C20H26N4O2. The summed E-state index contributed by atoms with van der Waals surface area (Å²) in [5, 5.41) is 0. The minimum atomic E-state index is 0.283. The van der Waals surface area contributed by atoms with Gasteiger partial charge in [0.05, 0.1) is 11.7 Å². The fourth-order valence-electron chi connectivity index (χ4n) is 3.71. The summed E-state index contributed by atoms with van der Waals surface area (Å²) in [5.74, 6) is 2.64. The largest absolute Gasteiger partial charge is 0.486 e. The maximum atomic E-state index is 5.72. The quantitative estimate of drug-likeness (QED) is 0.823. The first-order valence-electron chi connectivity index (χ1n) is 9.28. The summed E-state index contributed by atoms with van der Waals surface area (Å²) in [6, 6.07) is 8.54. The maximum absolute atomic E-state index is 5.72. The first kappa shape index (κ1) is 17.2. The van der Waals surface area contributed by atoms with Gasteiger partial charge in [-0.05, 0) is 57.2 Å². The summed E-state index contributed by atoms with van der Waals surface area (Å²) >= 11 is 0. The highest BCUT2D eigenvalue weighted by Crippen LogP contribution is 2.34. The van der Waals surface area contributed by atoms with E-state index in [1.807, 2.05) is 18.3 Å². The van der Waals surface area contributed by atoms with E-state index in [1.165, 1.54) is 12.0 Å². The topological polar surface area (TPSA) is 50.7 Å². The molecule has 2 aromatic rings. The summed E-state index contributed by atoms with van der Waals surface area (Å²) in [5.41, 5.74) is 2.32. The summed E-state index contributed by atoms with van der Waals surface area (Å²) in [7, 11) is 4.12. The van der Waals surface area contributed by atoms with Crippen molar-refractivity contribution >= 4 is 0 Å². The van der Waals surface area contributed by atoms with Crippen molar-refractivity contribution in [2.75, 3.05) is 33.9 Å². The van der Waals surface area contributed by atoms with Crippen LogP contribution in [0.2, 0.25) is 0 Å². The van der Waals surface area contributed by atoms with Gasteiger partial charge in [0.2, 0.25) is 0 Å². The molecule has 1 aromatic heterocycles. The second-order valence-corrected chi connectivity index (χ2v) is 7.25. The van der Waals surface area contributed by atoms with Crippen LogP contribution in [0.1, 0.15) is 36.0 Å². The molecule has 1 aromatic carbocycles. The number of hydrogen-bond donors (Lipinski definition) is 0. The van der Waals surface area contributed by atoms with Gasteiger partial charge in [0.15, 0.2) is 11.5 Å². The minimum absolute atomic E-state index is 0.283. The van der Waals surface area contributed by atoms with E-state index < -0.39 is 0 Å². The zero-order valence-electron chi connectivity index (χ0n) is 15.5. The molecule has 6 heteroatoms. The van der Waals surface area contributed by atoms with E-state index in [1.54, 1.807) is 0 Å². The zero-order valence-corrected chi connectivity index (χ0v) is 15.5. The molecule has 0 unspecified atom stereocenters. The van der Waals surface area contributed by atoms with Gasteiger partial charge in [0.1, 0.15) is 19.0 Å². The van der Waals surface area contributed by atoms with Gasteiger partial charge in [0, 0.05) is 19.3 Å². The van der Waals surface area contributed by atoms with Crippen molar-refractivity contribution in [3.8, 4) is 11.5 Å². The van der Waals surface area contributed by atoms with Gasteiger partial charge in [-0.3, -0.25) is 4.90 Å². The van der Waals surface area contributed by atoms with E-state index in [4.69, 9.17) is 14.5 Å². The van der Waals surface area contributed by atoms with Crippen LogP contribution in [0.5, 0.6) is 11.5 Å². The van der Waals surface area contributed by atoms with Gasteiger partial charge in [-0.1, -0.05) is 6.07 Å². The average molecular weight is 354 g/mol. The van der Waals surface area contributed by atoms with Crippen molar-refractivity contribution in [3.05, 3.63) is 47.5 Å². The van der Waals surface area contributed by atoms with Crippen LogP contribution in [0, 0.1) is 0 Å². The van der Waals surface area contributed by atoms with Crippen molar-refractivity contribution in [2.24, 2.45) is 0 Å². The Morgan fingerprint density at radius 1 is 1.15 bits per heavy atom. The van der Waals surface area contributed by atoms with Crippen molar-refractivity contribution in [1.82, 2.24) is 19.8 Å². The predicted octanol–water partition coefficient (Wildman–Crippen LogP) is 2.65. The summed E-state index contributed by atoms with van der Waals surface area (Å²) < 4.78 is 11.3. The van der Waals surface area contributed by atoms with Gasteiger partial charge in [-0.2, -0.15) is 0 Å². The average Bonchev–Trinajstić information content (AvgIpc) is 3.09. The normalized spacial score (nSPS) is 19.9. The van der Waals surface area contributed by atoms with Gasteiger partial charge >= 0.3 is 0 Å². The van der Waals surface area contributed by atoms with E-state index in [0.717, 1.165) is 49.1 Å². The molecule has 6 nitrogen and oxygen atoms in total. The Balaban J connectivity index is 1.50. The summed E-state index contributed by atoms with van der Waals surface area (Å²) in [6.45, 7) is 4.03. The molecule has 138 valence electrons. The number of nitrogens with zero attached hydrogens (tertiary/aromatic N) is 4. The minimum Gasteiger partial charge on any atom is -0.486 e. The van der Waals surface area contributed by atoms with E-state index in [2.05, 4.69) is 41.0 Å². The lowest BCUT2D eigenvalue weighted by molar-refractivity contribution is 0.170. The Labute approximate surface area is 154 Å². The van der Waals surface area contributed by atoms with Crippen LogP contribution in [0.15, 0.2) is 30.5 Å². The molecule has 2 aliphatic rings. The van der Waals surface area contributed by atoms with Crippen LogP contribution in [0.3, 0.4) is 0 Å². The number of aromatic nitrogens is 2. The molecule has 0 amide bonds. The zero-order chi connectivity index (χ0) is 17.9. The molecule has 4 rings (SSSR count). The molecule has 1 saturated heterocycles. The fourth-order valence-corrected chi connectivity index (χ4v) is 3.71. The Bertz CT molecular complexity index is 765. The fraction of sp³-hybridized carbons (Fsp3) is 0.500. The lowest BCUT2D eigenvalue weighted by Crippen LogP contribution is -2.25. The van der Waals surface area contributed by atoms with E-state index in [9.17, 15) is 0 Å². The van der Waals surface area contributed by atoms with Gasteiger partial charge in [-0.25, -0.2) is 9.97 Å². The maximum Gasteiger partial charge on any atom is 0.161 e. The Morgan fingerprint density at radius 3 is 2.85 bits per heavy atom. The SMILES string of the molecule is CN(C)Cc1ccnc([C@@H]2CCCN2Cc2ccc3c(c2)OCCO3)n1. The third-order valence-corrected chi connectivity index (χ3v) is 4.86. The van der Waals surface area contributed by atoms with Crippen LogP contribution in [-0.2, 0) is 13.1 Å². The van der Waals surface area contributed by atoms with E-state index >= 15 is 0 Å². The van der Waals surface area contributed by atoms with Crippen LogP contribution < -0.4 is 9.47 Å². The Kier molecular flexibility index (Phi) is 5.04. The Morgan fingerprint density at radius 2 is 2.00 bits per heavy atom. The third-order valence-electron chi connectivity index (χ3n) is 4.86. The van der Waals surface area contributed by atoms with E-state index in [-0.39, 0.29) is 6.04 Å². The highest BCUT2D eigenvalue weighted by Gasteiger charge is 2.28. The molecule has 0 N–H and O–H groups in total. The molecule has 3 heterocycles. The number of hydrogen-bond acceptors (Lipinski definition) is 6. The lowest BCUT2D eigenvalue weighted by atomic mass is 10.1. The summed E-state index contributed by atoms with van der Waals surface area (Å²) in [4.78, 5) is 14.0. The highest BCUT2D eigenvalue weighted by atomic mass is 16.6. The predicted molar refractivity (Wildman–Crippen MR) is 99.2 cm³/mol. The second-order valence-electron chi connectivity index (χ2n) is 7.25. The number of likely N-dealkylation sites (tertiary alicyclic amines) is 1. The summed E-state index contributed by atoms with van der Waals surface area (Å²) in [6.07, 6.45) is 4.17. The van der Waals surface area contributed by atoms with Gasteiger partial charge in [-0.15, -0.1) is 0 Å². The Hall–Kier alpha value is -2.18. The van der Waals surface area contributed by atoms with Crippen LogP contribution >= 0.6 is 0 Å². The number of fused-ring (bicyclic) bond motifs is 1. The molecule has 0 radical (unpaired) electrons. The van der Waals surface area contributed by atoms with Gasteiger partial charge in [0.25, 0.3) is 0 Å². The van der Waals surface area contributed by atoms with Crippen LogP contribution in [0.25, 0.3) is 0 Å². The first-order valence-corrected chi connectivity index (χ1v) is 9.28. The van der Waals surface area contributed by atoms with Crippen molar-refractivity contribution in [3.63, 3.8) is 0 Å². The molecule has 0 aliphatic carbocycles. The highest BCUT2D eigenvalue weighted by molar-refractivity contribution is 5.43. The molecule has 0 bridgehead atoms. The van der Waals surface area contributed by atoms with Crippen molar-refractivity contribution in [2.45, 2.75) is 32.0 Å². The smallest absolute Gasteiger partial charge is 0.161 e. The number of ether oxygens (including phenoxy) is 2. The van der Waals surface area contributed by atoms with Crippen molar-refractivity contribution < 1.29 is 9.47 Å². The molecule has 1 fully saturated rings. The van der Waals surface area contributed by atoms with Crippen molar-refractivity contribution in [1.29, 1.82) is 0 Å². The van der Waals surface area contributed by atoms with Crippen LogP contribution in [0.4, 0.5) is 0 Å². The lowest BCUT2D eigenvalue weighted by Gasteiger charge is -2.25. The monoisotopic (exact) mass is 354 g/mol. The van der Waals surface area contributed by atoms with Gasteiger partial charge < -0.3 is 14.4 Å². The third kappa shape index (κ3) is 3.81. The number of benzene rings is 1. The standard InChI is InChI=1S/C20H26N4O2/c1-23(2)14-16-7-8-21-20(22-16)17-4-3-9-24(17)13-15-5-6-18-19(12-15)26-11-10-25-18/h5-8,12,17H,3-4,9-11,13-14H2,1-2H3/t17-/m0/s1. The molecule has 2 aliphatic heterocycles. The van der Waals surface area contributed by atoms with E-state index in [0.29, 0.717) is 13.2 Å². The molecule has 1 atom stereocenters. The number of rotatable bonds is 5. The molecule has 0 saturated carbocycles. The molecule has 26 heavy (non-hydrogen) atoms. The molecule has 0 spiro atoms. The first-order chi connectivity index (χ1) is 12.7.